The Morgan fingerprint density at radius 1 is 1.60 bits per heavy atom. The van der Waals surface area contributed by atoms with Crippen molar-refractivity contribution in [2.24, 2.45) is 11.8 Å². The molecule has 0 aromatic rings. The fourth-order valence-electron chi connectivity index (χ4n) is 1.99. The van der Waals surface area contributed by atoms with Crippen molar-refractivity contribution in [3.63, 3.8) is 0 Å². The molecule has 1 heterocycles. The number of likely N-dealkylation sites (tertiary alicyclic amines) is 1. The van der Waals surface area contributed by atoms with Crippen molar-refractivity contribution < 1.29 is 14.7 Å². The Morgan fingerprint density at radius 2 is 2.27 bits per heavy atom. The molecule has 4 nitrogen and oxygen atoms in total. The van der Waals surface area contributed by atoms with E-state index in [1.54, 1.807) is 0 Å². The molecule has 86 valence electrons. The minimum atomic E-state index is -0.815. The number of nitrogens with zero attached hydrogens (tertiary/aromatic N) is 1. The van der Waals surface area contributed by atoms with Crippen LogP contribution in [0.15, 0.2) is 0 Å². The van der Waals surface area contributed by atoms with E-state index in [-0.39, 0.29) is 18.2 Å². The van der Waals surface area contributed by atoms with Crippen molar-refractivity contribution in [3.8, 4) is 0 Å². The van der Waals surface area contributed by atoms with Crippen LogP contribution in [-0.4, -0.2) is 35.0 Å². The molecule has 0 bridgehead atoms. The Morgan fingerprint density at radius 3 is 2.80 bits per heavy atom. The van der Waals surface area contributed by atoms with E-state index in [0.29, 0.717) is 12.3 Å². The lowest BCUT2D eigenvalue weighted by molar-refractivity contribution is -0.137. The molecule has 1 amide bonds. The molecular formula is C11H19NO3. The highest BCUT2D eigenvalue weighted by Crippen LogP contribution is 2.23. The first-order chi connectivity index (χ1) is 7.00. The fourth-order valence-corrected chi connectivity index (χ4v) is 1.99. The monoisotopic (exact) mass is 213 g/mol. The van der Waals surface area contributed by atoms with Crippen molar-refractivity contribution in [2.75, 3.05) is 13.1 Å². The number of carboxylic acids is 1. The number of carbonyl (C=O) groups excluding carboxylic acids is 1. The molecule has 15 heavy (non-hydrogen) atoms. The smallest absolute Gasteiger partial charge is 0.303 e. The lowest BCUT2D eigenvalue weighted by Crippen LogP contribution is -2.31. The van der Waals surface area contributed by atoms with E-state index in [4.69, 9.17) is 5.11 Å². The molecule has 1 N–H and O–H groups in total. The second kappa shape index (κ2) is 5.14. The first kappa shape index (κ1) is 12.0. The Hall–Kier alpha value is -1.06. The fraction of sp³-hybridized carbons (Fsp3) is 0.818. The number of amides is 1. The Kier molecular flexibility index (Phi) is 4.12. The topological polar surface area (TPSA) is 57.6 Å². The minimum Gasteiger partial charge on any atom is -0.481 e. The van der Waals surface area contributed by atoms with Gasteiger partial charge in [0.15, 0.2) is 0 Å². The maximum atomic E-state index is 11.8. The third kappa shape index (κ3) is 3.53. The molecule has 1 saturated heterocycles. The molecule has 1 rings (SSSR count). The number of rotatable bonds is 5. The van der Waals surface area contributed by atoms with Gasteiger partial charge in [-0.3, -0.25) is 9.59 Å². The van der Waals surface area contributed by atoms with Gasteiger partial charge in [-0.05, 0) is 18.8 Å². The molecule has 0 aromatic heterocycles. The third-order valence-electron chi connectivity index (χ3n) is 2.70. The summed E-state index contributed by atoms with van der Waals surface area (Å²) < 4.78 is 0. The van der Waals surface area contributed by atoms with Crippen molar-refractivity contribution in [1.82, 2.24) is 4.90 Å². The first-order valence-corrected chi connectivity index (χ1v) is 5.51. The van der Waals surface area contributed by atoms with Crippen molar-refractivity contribution in [3.05, 3.63) is 0 Å². The molecule has 0 spiro atoms. The van der Waals surface area contributed by atoms with E-state index in [0.717, 1.165) is 19.5 Å². The highest BCUT2D eigenvalue weighted by Gasteiger charge is 2.31. The van der Waals surface area contributed by atoms with E-state index < -0.39 is 5.97 Å². The van der Waals surface area contributed by atoms with E-state index in [1.807, 2.05) is 4.90 Å². The molecule has 1 fully saturated rings. The minimum absolute atomic E-state index is 0.0557. The van der Waals surface area contributed by atoms with Crippen LogP contribution in [-0.2, 0) is 9.59 Å². The molecule has 0 saturated carbocycles. The van der Waals surface area contributed by atoms with Gasteiger partial charge >= 0.3 is 5.97 Å². The van der Waals surface area contributed by atoms with Gasteiger partial charge in [0.2, 0.25) is 5.91 Å². The van der Waals surface area contributed by atoms with Gasteiger partial charge in [0.1, 0.15) is 0 Å². The highest BCUT2D eigenvalue weighted by molar-refractivity contribution is 5.81. The first-order valence-electron chi connectivity index (χ1n) is 5.51. The average Bonchev–Trinajstić information content (AvgIpc) is 2.44. The van der Waals surface area contributed by atoms with E-state index in [2.05, 4.69) is 13.8 Å². The van der Waals surface area contributed by atoms with Gasteiger partial charge in [-0.1, -0.05) is 13.8 Å². The second-order valence-electron chi connectivity index (χ2n) is 4.60. The molecule has 0 radical (unpaired) electrons. The van der Waals surface area contributed by atoms with Crippen molar-refractivity contribution in [2.45, 2.75) is 33.1 Å². The lowest BCUT2D eigenvalue weighted by atomic mass is 10.0. The highest BCUT2D eigenvalue weighted by atomic mass is 16.4. The average molecular weight is 213 g/mol. The van der Waals surface area contributed by atoms with Gasteiger partial charge in [0, 0.05) is 25.4 Å². The van der Waals surface area contributed by atoms with E-state index in [9.17, 15) is 9.59 Å². The molecule has 0 aromatic carbocycles. The second-order valence-corrected chi connectivity index (χ2v) is 4.60. The van der Waals surface area contributed by atoms with Crippen LogP contribution < -0.4 is 0 Å². The maximum Gasteiger partial charge on any atom is 0.303 e. The number of hydrogen-bond donors (Lipinski definition) is 1. The number of carboxylic acid groups (broad SMARTS) is 1. The van der Waals surface area contributed by atoms with Gasteiger partial charge in [-0.15, -0.1) is 0 Å². The summed E-state index contributed by atoms with van der Waals surface area (Å²) in [5.41, 5.74) is 0. The largest absolute Gasteiger partial charge is 0.481 e. The summed E-state index contributed by atoms with van der Waals surface area (Å²) >= 11 is 0. The molecule has 1 unspecified atom stereocenters. The summed E-state index contributed by atoms with van der Waals surface area (Å²) in [6, 6.07) is 0. The summed E-state index contributed by atoms with van der Waals surface area (Å²) in [5, 5.41) is 8.55. The quantitative estimate of drug-likeness (QED) is 0.750. The van der Waals surface area contributed by atoms with Crippen LogP contribution in [0.25, 0.3) is 0 Å². The van der Waals surface area contributed by atoms with Crippen molar-refractivity contribution in [1.29, 1.82) is 0 Å². The van der Waals surface area contributed by atoms with Crippen LogP contribution >= 0.6 is 0 Å². The summed E-state index contributed by atoms with van der Waals surface area (Å²) in [4.78, 5) is 24.0. The summed E-state index contributed by atoms with van der Waals surface area (Å²) in [5.74, 6) is -0.248. The Labute approximate surface area is 90.3 Å². The van der Waals surface area contributed by atoms with Crippen LogP contribution in [0.4, 0.5) is 0 Å². The molecule has 0 aliphatic carbocycles. The van der Waals surface area contributed by atoms with E-state index >= 15 is 0 Å². The van der Waals surface area contributed by atoms with Gasteiger partial charge in [0.05, 0.1) is 0 Å². The van der Waals surface area contributed by atoms with Gasteiger partial charge < -0.3 is 10.0 Å². The standard InChI is InChI=1S/C11H19NO3/c1-8(2)7-12-6-5-9(11(12)15)3-4-10(13)14/h8-9H,3-7H2,1-2H3,(H,13,14). The molecule has 1 atom stereocenters. The SMILES string of the molecule is CC(C)CN1CCC(CCC(=O)O)C1=O. The molecule has 4 heteroatoms. The third-order valence-corrected chi connectivity index (χ3v) is 2.70. The normalized spacial score (nSPS) is 21.4. The summed E-state index contributed by atoms with van der Waals surface area (Å²) in [7, 11) is 0. The van der Waals surface area contributed by atoms with Gasteiger partial charge in [0.25, 0.3) is 0 Å². The number of aliphatic carboxylic acids is 1. The molecule has 1 aliphatic rings. The van der Waals surface area contributed by atoms with Crippen LogP contribution in [0.2, 0.25) is 0 Å². The van der Waals surface area contributed by atoms with Crippen LogP contribution in [0.5, 0.6) is 0 Å². The Bertz CT molecular complexity index is 250. The molecule has 1 aliphatic heterocycles. The van der Waals surface area contributed by atoms with Gasteiger partial charge in [-0.2, -0.15) is 0 Å². The van der Waals surface area contributed by atoms with Crippen LogP contribution in [0, 0.1) is 11.8 Å². The zero-order valence-corrected chi connectivity index (χ0v) is 9.40. The van der Waals surface area contributed by atoms with Crippen molar-refractivity contribution >= 4 is 11.9 Å². The maximum absolute atomic E-state index is 11.8. The number of carbonyl (C=O) groups is 2. The number of hydrogen-bond acceptors (Lipinski definition) is 2. The van der Waals surface area contributed by atoms with E-state index in [1.165, 1.54) is 0 Å². The predicted octanol–water partition coefficient (Wildman–Crippen LogP) is 1.36. The summed E-state index contributed by atoms with van der Waals surface area (Å²) in [6.07, 6.45) is 1.41. The van der Waals surface area contributed by atoms with Crippen LogP contribution in [0.3, 0.4) is 0 Å². The predicted molar refractivity (Wildman–Crippen MR) is 56.4 cm³/mol. The van der Waals surface area contributed by atoms with Gasteiger partial charge in [-0.25, -0.2) is 0 Å². The zero-order valence-electron chi connectivity index (χ0n) is 9.40. The lowest BCUT2D eigenvalue weighted by Gasteiger charge is -2.18. The van der Waals surface area contributed by atoms with Crippen LogP contribution in [0.1, 0.15) is 33.1 Å². The molecular weight excluding hydrogens is 194 g/mol. The summed E-state index contributed by atoms with van der Waals surface area (Å²) in [6.45, 7) is 5.75. The Balaban J connectivity index is 2.38. The zero-order chi connectivity index (χ0) is 11.4.